The number of hydrogen-bond acceptors (Lipinski definition) is 3. The molecular formula is C65H61B2NO2P2. The first-order valence-electron chi connectivity index (χ1n) is 25.4. The highest BCUT2D eigenvalue weighted by atomic mass is 31.2. The normalized spacial score (nSPS) is 13.0. The fraction of sp³-hybridized carbons (Fsp3) is 0.169. The Morgan fingerprint density at radius 3 is 0.875 bits per heavy atom. The predicted octanol–water partition coefficient (Wildman–Crippen LogP) is 9.49. The number of rotatable bonds is 8. The molecule has 11 rings (SSSR count). The van der Waals surface area contributed by atoms with Crippen LogP contribution in [0.25, 0.3) is 0 Å². The Labute approximate surface area is 428 Å². The van der Waals surface area contributed by atoms with Crippen LogP contribution in [0.3, 0.4) is 0 Å². The summed E-state index contributed by atoms with van der Waals surface area (Å²) in [6.07, 6.45) is 0. The lowest BCUT2D eigenvalue weighted by Crippen LogP contribution is -2.66. The zero-order valence-corrected chi connectivity index (χ0v) is 45.3. The lowest BCUT2D eigenvalue weighted by atomic mass is 9.29. The van der Waals surface area contributed by atoms with E-state index < -0.39 is 14.3 Å². The van der Waals surface area contributed by atoms with Crippen molar-refractivity contribution in [1.82, 2.24) is 0 Å². The molecular weight excluding hydrogens is 910 g/mol. The highest BCUT2D eigenvalue weighted by Gasteiger charge is 2.47. The van der Waals surface area contributed by atoms with Crippen LogP contribution in [0.5, 0.6) is 0 Å². The van der Waals surface area contributed by atoms with E-state index in [-0.39, 0.29) is 13.4 Å². The van der Waals surface area contributed by atoms with Gasteiger partial charge in [-0.1, -0.05) is 184 Å². The van der Waals surface area contributed by atoms with Gasteiger partial charge >= 0.3 is 0 Å². The van der Waals surface area contributed by atoms with Crippen molar-refractivity contribution in [2.24, 2.45) is 0 Å². The van der Waals surface area contributed by atoms with Gasteiger partial charge in [-0.15, -0.1) is 0 Å². The summed E-state index contributed by atoms with van der Waals surface area (Å²) in [6.45, 7) is 24.8. The molecule has 0 bridgehead atoms. The third-order valence-electron chi connectivity index (χ3n) is 17.2. The molecule has 0 spiro atoms. The van der Waals surface area contributed by atoms with Gasteiger partial charge in [0.15, 0.2) is 14.3 Å². The largest absolute Gasteiger partial charge is 0.313 e. The van der Waals surface area contributed by atoms with Crippen molar-refractivity contribution >= 4 is 109 Å². The van der Waals surface area contributed by atoms with Crippen LogP contribution in [0, 0.1) is 76.2 Å². The third kappa shape index (κ3) is 7.02. The zero-order chi connectivity index (χ0) is 50.5. The molecule has 0 unspecified atom stereocenters. The second-order valence-corrected chi connectivity index (χ2v) is 26.2. The van der Waals surface area contributed by atoms with Crippen LogP contribution in [-0.4, -0.2) is 13.4 Å². The van der Waals surface area contributed by atoms with Gasteiger partial charge in [0.25, 0.3) is 0 Å². The second kappa shape index (κ2) is 17.8. The molecule has 0 aliphatic carbocycles. The Bertz CT molecular complexity index is 3390. The van der Waals surface area contributed by atoms with Gasteiger partial charge in [0, 0.05) is 48.9 Å². The Hall–Kier alpha value is -6.63. The molecule has 0 saturated carbocycles. The summed E-state index contributed by atoms with van der Waals surface area (Å²) in [4.78, 5) is 2.51. The van der Waals surface area contributed by atoms with Gasteiger partial charge < -0.3 is 14.0 Å². The standard InChI is InChI=1S/C65H61B2NO2P2/c1-40-36-59-65-60(37-40)67(64-49(10)45(6)42(3)46(7)50(64)11)58-39-56(72(70,53-28-20-14-21-29-53)54-30-22-15-23-31-54)33-35-62(58)68(65)61-34-32-55(71(69,51-24-16-12-17-25-51)52-26-18-13-19-27-52)38-57(61)66(59)63-47(8)43(4)41(2)44(5)48(63)9/h12-39H,1-11H3. The molecule has 72 heavy (non-hydrogen) atoms. The summed E-state index contributed by atoms with van der Waals surface area (Å²) >= 11 is 0. The van der Waals surface area contributed by atoms with Crippen LogP contribution < -0.4 is 69.5 Å². The van der Waals surface area contributed by atoms with Crippen molar-refractivity contribution in [3.63, 3.8) is 0 Å². The predicted molar refractivity (Wildman–Crippen MR) is 314 cm³/mol. The maximum atomic E-state index is 16.4. The first kappa shape index (κ1) is 47.7. The van der Waals surface area contributed by atoms with E-state index >= 15 is 9.13 Å². The molecule has 0 saturated heterocycles. The van der Waals surface area contributed by atoms with E-state index in [1.54, 1.807) is 0 Å². The van der Waals surface area contributed by atoms with E-state index in [0.717, 1.165) is 54.1 Å². The van der Waals surface area contributed by atoms with Gasteiger partial charge in [0.05, 0.1) is 0 Å². The van der Waals surface area contributed by atoms with Gasteiger partial charge in [0.2, 0.25) is 13.4 Å². The van der Waals surface area contributed by atoms with Crippen LogP contribution >= 0.6 is 14.3 Å². The topological polar surface area (TPSA) is 37.4 Å². The zero-order valence-electron chi connectivity index (χ0n) is 43.5. The van der Waals surface area contributed by atoms with Gasteiger partial charge in [-0.3, -0.25) is 0 Å². The summed E-state index contributed by atoms with van der Waals surface area (Å²) in [6, 6.07) is 58.5. The van der Waals surface area contributed by atoms with Crippen molar-refractivity contribution in [1.29, 1.82) is 0 Å². The summed E-state index contributed by atoms with van der Waals surface area (Å²) in [5.74, 6) is 0. The van der Waals surface area contributed by atoms with E-state index in [2.05, 4.69) is 130 Å². The Morgan fingerprint density at radius 1 is 0.306 bits per heavy atom. The molecule has 0 atom stereocenters. The van der Waals surface area contributed by atoms with Crippen molar-refractivity contribution in [2.45, 2.75) is 76.2 Å². The van der Waals surface area contributed by atoms with Gasteiger partial charge in [0.1, 0.15) is 0 Å². The Kier molecular flexibility index (Phi) is 11.8. The minimum Gasteiger partial charge on any atom is -0.313 e. The molecule has 2 heterocycles. The molecule has 0 fully saturated rings. The number of aryl methyl sites for hydroxylation is 1. The molecule has 7 heteroatoms. The fourth-order valence-corrected chi connectivity index (χ4v) is 17.9. The quantitative estimate of drug-likeness (QED) is 0.113. The number of hydrogen-bond donors (Lipinski definition) is 0. The number of anilines is 3. The molecule has 9 aromatic carbocycles. The van der Waals surface area contributed by atoms with Crippen molar-refractivity contribution in [3.05, 3.63) is 231 Å². The monoisotopic (exact) mass is 971 g/mol. The minimum absolute atomic E-state index is 0.176. The molecule has 3 nitrogen and oxygen atoms in total. The van der Waals surface area contributed by atoms with Crippen LogP contribution in [0.1, 0.15) is 61.2 Å². The van der Waals surface area contributed by atoms with Gasteiger partial charge in [-0.05, 0) is 156 Å². The molecule has 0 N–H and O–H groups in total. The number of fused-ring (bicyclic) bond motifs is 4. The van der Waals surface area contributed by atoms with Crippen LogP contribution in [0.15, 0.2) is 170 Å². The van der Waals surface area contributed by atoms with E-state index in [4.69, 9.17) is 0 Å². The molecule has 0 aromatic heterocycles. The van der Waals surface area contributed by atoms with E-state index in [1.807, 2.05) is 121 Å². The third-order valence-corrected chi connectivity index (χ3v) is 23.3. The lowest BCUT2D eigenvalue weighted by molar-refractivity contribution is 0.591. The van der Waals surface area contributed by atoms with Crippen molar-refractivity contribution in [2.75, 3.05) is 4.90 Å². The molecule has 2 aliphatic heterocycles. The molecule has 0 amide bonds. The highest BCUT2D eigenvalue weighted by molar-refractivity contribution is 7.85. The lowest BCUT2D eigenvalue weighted by Gasteiger charge is -2.45. The van der Waals surface area contributed by atoms with E-state index in [1.165, 1.54) is 88.7 Å². The SMILES string of the molecule is Cc1cc2c3c(c1)B(c1c(C)c(C)c(C)c(C)c1C)c1cc(P(=O)(c4ccccc4)c4ccccc4)ccc1N3c1ccc(P(=O)(c3ccccc3)c3ccccc3)cc1B2c1c(C)c(C)c(C)c(C)c1C. The maximum absolute atomic E-state index is 16.4. The Balaban J connectivity index is 1.29. The van der Waals surface area contributed by atoms with E-state index in [9.17, 15) is 0 Å². The maximum Gasteiger partial charge on any atom is 0.247 e. The Morgan fingerprint density at radius 2 is 0.583 bits per heavy atom. The first-order chi connectivity index (χ1) is 34.6. The van der Waals surface area contributed by atoms with E-state index in [0.29, 0.717) is 0 Å². The summed E-state index contributed by atoms with van der Waals surface area (Å²) < 4.78 is 32.8. The van der Waals surface area contributed by atoms with Crippen LogP contribution in [-0.2, 0) is 9.13 Å². The summed E-state index contributed by atoms with van der Waals surface area (Å²) in [5.41, 5.74) is 24.9. The molecule has 354 valence electrons. The van der Waals surface area contributed by atoms with Crippen LogP contribution in [0.4, 0.5) is 17.1 Å². The van der Waals surface area contributed by atoms with Crippen molar-refractivity contribution < 1.29 is 9.13 Å². The number of benzene rings is 9. The summed E-state index contributed by atoms with van der Waals surface area (Å²) in [7, 11) is -6.77. The minimum atomic E-state index is -3.38. The van der Waals surface area contributed by atoms with Crippen molar-refractivity contribution in [3.8, 4) is 0 Å². The smallest absolute Gasteiger partial charge is 0.247 e. The highest BCUT2D eigenvalue weighted by Crippen LogP contribution is 2.46. The van der Waals surface area contributed by atoms with Gasteiger partial charge in [-0.25, -0.2) is 0 Å². The van der Waals surface area contributed by atoms with Gasteiger partial charge in [-0.2, -0.15) is 0 Å². The van der Waals surface area contributed by atoms with Crippen LogP contribution in [0.2, 0.25) is 0 Å². The average molecular weight is 972 g/mol. The second-order valence-electron chi connectivity index (χ2n) is 20.6. The molecule has 2 aliphatic rings. The number of nitrogens with zero attached hydrogens (tertiary/aromatic N) is 1. The molecule has 9 aromatic rings. The molecule has 0 radical (unpaired) electrons. The fourth-order valence-electron chi connectivity index (χ4n) is 12.6. The first-order valence-corrected chi connectivity index (χ1v) is 28.8. The summed E-state index contributed by atoms with van der Waals surface area (Å²) in [5, 5.41) is 4.86. The average Bonchev–Trinajstić information content (AvgIpc) is 3.42.